The van der Waals surface area contributed by atoms with Crippen molar-refractivity contribution in [2.24, 2.45) is 17.8 Å². The molecule has 0 saturated carbocycles. The molecule has 1 N–H and O–H groups in total. The standard InChI is InChI=1S/C12H20O2/c1-8-4-5-9(2)11(6-8)12(14)7-10(3)13/h4-5,8-9,11-12,14H,6-7H2,1-3H3/t8-,9+,11+,12?/m1/s1. The molecule has 4 atom stereocenters. The molecular weight excluding hydrogens is 176 g/mol. The molecule has 0 saturated heterocycles. The van der Waals surface area contributed by atoms with Crippen molar-refractivity contribution in [2.75, 3.05) is 0 Å². The van der Waals surface area contributed by atoms with Crippen LogP contribution in [0.5, 0.6) is 0 Å². The lowest BCUT2D eigenvalue weighted by atomic mass is 9.76. The lowest BCUT2D eigenvalue weighted by Crippen LogP contribution is -2.30. The molecule has 0 aromatic heterocycles. The molecule has 1 aliphatic rings. The van der Waals surface area contributed by atoms with E-state index in [9.17, 15) is 9.90 Å². The maximum atomic E-state index is 10.9. The van der Waals surface area contributed by atoms with Crippen LogP contribution in [-0.4, -0.2) is 17.0 Å². The monoisotopic (exact) mass is 196 g/mol. The summed E-state index contributed by atoms with van der Waals surface area (Å²) in [4.78, 5) is 10.9. The average molecular weight is 196 g/mol. The lowest BCUT2D eigenvalue weighted by molar-refractivity contribution is -0.119. The minimum Gasteiger partial charge on any atom is -0.392 e. The zero-order chi connectivity index (χ0) is 10.7. The Bertz CT molecular complexity index is 232. The molecule has 80 valence electrons. The van der Waals surface area contributed by atoms with Crippen molar-refractivity contribution in [1.29, 1.82) is 0 Å². The van der Waals surface area contributed by atoms with E-state index >= 15 is 0 Å². The van der Waals surface area contributed by atoms with E-state index in [1.807, 2.05) is 0 Å². The highest BCUT2D eigenvalue weighted by Gasteiger charge is 2.28. The van der Waals surface area contributed by atoms with Gasteiger partial charge < -0.3 is 5.11 Å². The van der Waals surface area contributed by atoms with Gasteiger partial charge in [-0.3, -0.25) is 4.79 Å². The third kappa shape index (κ3) is 2.95. The van der Waals surface area contributed by atoms with Crippen LogP contribution in [0.2, 0.25) is 0 Å². The molecule has 0 radical (unpaired) electrons. The highest BCUT2D eigenvalue weighted by atomic mass is 16.3. The van der Waals surface area contributed by atoms with E-state index in [-0.39, 0.29) is 11.7 Å². The number of ketones is 1. The molecule has 0 spiro atoms. The molecule has 0 aromatic carbocycles. The maximum absolute atomic E-state index is 10.9. The molecule has 0 amide bonds. The minimum absolute atomic E-state index is 0.0758. The first-order valence-corrected chi connectivity index (χ1v) is 5.36. The van der Waals surface area contributed by atoms with Gasteiger partial charge in [0.05, 0.1) is 6.10 Å². The molecule has 0 heterocycles. The van der Waals surface area contributed by atoms with Crippen LogP contribution < -0.4 is 0 Å². The summed E-state index contributed by atoms with van der Waals surface area (Å²) < 4.78 is 0. The van der Waals surface area contributed by atoms with Gasteiger partial charge >= 0.3 is 0 Å². The number of aliphatic hydroxyl groups is 1. The Hall–Kier alpha value is -0.630. The molecule has 1 unspecified atom stereocenters. The topological polar surface area (TPSA) is 37.3 Å². The van der Waals surface area contributed by atoms with E-state index in [0.717, 1.165) is 6.42 Å². The van der Waals surface area contributed by atoms with Crippen LogP contribution in [0.3, 0.4) is 0 Å². The van der Waals surface area contributed by atoms with Gasteiger partial charge in [0.2, 0.25) is 0 Å². The Labute approximate surface area is 86.0 Å². The highest BCUT2D eigenvalue weighted by Crippen LogP contribution is 2.31. The number of hydrogen-bond acceptors (Lipinski definition) is 2. The predicted octanol–water partition coefficient (Wildman–Crippen LogP) is 2.17. The Kier molecular flexibility index (Phi) is 3.87. The summed E-state index contributed by atoms with van der Waals surface area (Å²) in [6, 6.07) is 0. The van der Waals surface area contributed by atoms with Gasteiger partial charge in [0, 0.05) is 6.42 Å². The number of carbonyl (C=O) groups is 1. The van der Waals surface area contributed by atoms with Crippen molar-refractivity contribution in [1.82, 2.24) is 0 Å². The largest absolute Gasteiger partial charge is 0.392 e. The van der Waals surface area contributed by atoms with E-state index in [1.54, 1.807) is 0 Å². The summed E-state index contributed by atoms with van der Waals surface area (Å²) in [6.45, 7) is 5.79. The molecule has 1 rings (SSSR count). The van der Waals surface area contributed by atoms with Crippen LogP contribution in [0, 0.1) is 17.8 Å². The Morgan fingerprint density at radius 2 is 2.14 bits per heavy atom. The predicted molar refractivity (Wildman–Crippen MR) is 56.9 cm³/mol. The van der Waals surface area contributed by atoms with Gasteiger partial charge in [0.25, 0.3) is 0 Å². The highest BCUT2D eigenvalue weighted by molar-refractivity contribution is 5.75. The van der Waals surface area contributed by atoms with Crippen molar-refractivity contribution < 1.29 is 9.90 Å². The van der Waals surface area contributed by atoms with Gasteiger partial charge in [-0.05, 0) is 31.1 Å². The summed E-state index contributed by atoms with van der Waals surface area (Å²) in [6.07, 6.45) is 5.18. The SMILES string of the molecule is CC(=O)CC(O)[C@H]1C[C@H](C)C=C[C@@H]1C. The van der Waals surface area contributed by atoms with E-state index < -0.39 is 6.10 Å². The zero-order valence-electron chi connectivity index (χ0n) is 9.23. The van der Waals surface area contributed by atoms with Gasteiger partial charge in [-0.15, -0.1) is 0 Å². The van der Waals surface area contributed by atoms with Crippen LogP contribution >= 0.6 is 0 Å². The fourth-order valence-corrected chi connectivity index (χ4v) is 2.18. The van der Waals surface area contributed by atoms with Gasteiger partial charge in [0.15, 0.2) is 0 Å². The number of Topliss-reactive ketones (excluding diaryl/α,β-unsaturated/α-hetero) is 1. The molecule has 1 aliphatic carbocycles. The van der Waals surface area contributed by atoms with Gasteiger partial charge in [-0.25, -0.2) is 0 Å². The van der Waals surface area contributed by atoms with Gasteiger partial charge in [-0.1, -0.05) is 26.0 Å². The first kappa shape index (κ1) is 11.4. The fraction of sp³-hybridized carbons (Fsp3) is 0.750. The van der Waals surface area contributed by atoms with Crippen LogP contribution in [-0.2, 0) is 4.79 Å². The van der Waals surface area contributed by atoms with Crippen molar-refractivity contribution in [3.8, 4) is 0 Å². The second-order valence-electron chi connectivity index (χ2n) is 4.59. The van der Waals surface area contributed by atoms with Crippen LogP contribution in [0.4, 0.5) is 0 Å². The number of carbonyl (C=O) groups excluding carboxylic acids is 1. The summed E-state index contributed by atoms with van der Waals surface area (Å²) in [5.74, 6) is 1.24. The first-order valence-electron chi connectivity index (χ1n) is 5.36. The first-order chi connectivity index (χ1) is 6.50. The Morgan fingerprint density at radius 1 is 1.50 bits per heavy atom. The Morgan fingerprint density at radius 3 is 2.71 bits per heavy atom. The molecular formula is C12H20O2. The molecule has 0 bridgehead atoms. The minimum atomic E-state index is -0.463. The quantitative estimate of drug-likeness (QED) is 0.702. The van der Waals surface area contributed by atoms with Crippen molar-refractivity contribution >= 4 is 5.78 Å². The fourth-order valence-electron chi connectivity index (χ4n) is 2.18. The van der Waals surface area contributed by atoms with Crippen molar-refractivity contribution in [3.05, 3.63) is 12.2 Å². The van der Waals surface area contributed by atoms with Gasteiger partial charge in [0.1, 0.15) is 5.78 Å². The van der Waals surface area contributed by atoms with E-state index in [2.05, 4.69) is 26.0 Å². The molecule has 2 heteroatoms. The summed E-state index contributed by atoms with van der Waals surface area (Å²) in [5.41, 5.74) is 0. The normalized spacial score (nSPS) is 34.1. The van der Waals surface area contributed by atoms with E-state index in [0.29, 0.717) is 18.3 Å². The van der Waals surface area contributed by atoms with Crippen molar-refractivity contribution in [3.63, 3.8) is 0 Å². The van der Waals surface area contributed by atoms with E-state index in [1.165, 1.54) is 6.92 Å². The molecule has 0 fully saturated rings. The van der Waals surface area contributed by atoms with Gasteiger partial charge in [-0.2, -0.15) is 0 Å². The lowest BCUT2D eigenvalue weighted by Gasteiger charge is -2.31. The molecule has 14 heavy (non-hydrogen) atoms. The van der Waals surface area contributed by atoms with E-state index in [4.69, 9.17) is 0 Å². The van der Waals surface area contributed by atoms with Crippen LogP contribution in [0.15, 0.2) is 12.2 Å². The number of allylic oxidation sites excluding steroid dienone is 2. The zero-order valence-corrected chi connectivity index (χ0v) is 9.23. The second-order valence-corrected chi connectivity index (χ2v) is 4.59. The number of aliphatic hydroxyl groups excluding tert-OH is 1. The maximum Gasteiger partial charge on any atom is 0.132 e. The summed E-state index contributed by atoms with van der Waals surface area (Å²) in [5, 5.41) is 9.88. The number of rotatable bonds is 3. The third-order valence-electron chi connectivity index (χ3n) is 3.05. The summed E-state index contributed by atoms with van der Waals surface area (Å²) >= 11 is 0. The molecule has 2 nitrogen and oxygen atoms in total. The number of hydrogen-bond donors (Lipinski definition) is 1. The second kappa shape index (κ2) is 4.74. The molecule has 0 aliphatic heterocycles. The Balaban J connectivity index is 2.58. The third-order valence-corrected chi connectivity index (χ3v) is 3.05. The summed E-state index contributed by atoms with van der Waals surface area (Å²) in [7, 11) is 0. The van der Waals surface area contributed by atoms with Crippen LogP contribution in [0.1, 0.15) is 33.6 Å². The smallest absolute Gasteiger partial charge is 0.132 e. The van der Waals surface area contributed by atoms with Crippen LogP contribution in [0.25, 0.3) is 0 Å². The molecule has 0 aromatic rings. The average Bonchev–Trinajstić information content (AvgIpc) is 2.08. The van der Waals surface area contributed by atoms with Crippen molar-refractivity contribution in [2.45, 2.75) is 39.7 Å².